The van der Waals surface area contributed by atoms with E-state index in [4.69, 9.17) is 0 Å². The van der Waals surface area contributed by atoms with E-state index in [1.807, 2.05) is 0 Å². The van der Waals surface area contributed by atoms with E-state index in [2.05, 4.69) is 5.32 Å². The maximum atomic E-state index is 9.44. The first-order valence-electron chi connectivity index (χ1n) is 3.72. The molecule has 52 valence electrons. The van der Waals surface area contributed by atoms with Gasteiger partial charge in [0.05, 0.1) is 6.10 Å². The average molecular weight is 127 g/mol. The number of hydrogen-bond acceptors (Lipinski definition) is 2. The molecule has 2 N–H and O–H groups in total. The first-order valence-corrected chi connectivity index (χ1v) is 3.72. The van der Waals surface area contributed by atoms with Crippen molar-refractivity contribution in [3.8, 4) is 0 Å². The summed E-state index contributed by atoms with van der Waals surface area (Å²) in [7, 11) is 0. The quantitative estimate of drug-likeness (QED) is 0.484. The van der Waals surface area contributed by atoms with Gasteiger partial charge in [0, 0.05) is 6.54 Å². The van der Waals surface area contributed by atoms with E-state index in [0.717, 1.165) is 13.1 Å². The van der Waals surface area contributed by atoms with Crippen molar-refractivity contribution in [2.45, 2.75) is 25.4 Å². The van der Waals surface area contributed by atoms with Crippen molar-refractivity contribution in [3.05, 3.63) is 0 Å². The smallest absolute Gasteiger partial charge is 0.0721 e. The largest absolute Gasteiger partial charge is 0.391 e. The molecule has 1 aliphatic carbocycles. The van der Waals surface area contributed by atoms with Crippen molar-refractivity contribution in [3.63, 3.8) is 0 Å². The molecule has 2 nitrogen and oxygen atoms in total. The van der Waals surface area contributed by atoms with E-state index in [0.29, 0.717) is 5.41 Å². The van der Waals surface area contributed by atoms with Gasteiger partial charge < -0.3 is 10.4 Å². The Morgan fingerprint density at radius 1 is 1.33 bits per heavy atom. The van der Waals surface area contributed by atoms with Gasteiger partial charge in [0.1, 0.15) is 0 Å². The summed E-state index contributed by atoms with van der Waals surface area (Å²) in [5, 5.41) is 12.6. The van der Waals surface area contributed by atoms with Gasteiger partial charge in [-0.1, -0.05) is 0 Å². The second kappa shape index (κ2) is 1.70. The summed E-state index contributed by atoms with van der Waals surface area (Å²) < 4.78 is 0. The van der Waals surface area contributed by atoms with Crippen LogP contribution in [-0.2, 0) is 0 Å². The zero-order valence-electron chi connectivity index (χ0n) is 5.56. The number of hydrogen-bond donors (Lipinski definition) is 2. The topological polar surface area (TPSA) is 32.3 Å². The molecule has 1 saturated carbocycles. The molecule has 1 atom stereocenters. The number of rotatable bonds is 0. The summed E-state index contributed by atoms with van der Waals surface area (Å²) >= 11 is 0. The summed E-state index contributed by atoms with van der Waals surface area (Å²) in [6.45, 7) is 1.93. The molecule has 1 saturated heterocycles. The highest BCUT2D eigenvalue weighted by molar-refractivity contribution is 5.01. The van der Waals surface area contributed by atoms with Gasteiger partial charge in [-0.05, 0) is 31.2 Å². The molecule has 2 heteroatoms. The number of β-amino-alcohol motifs (C(OH)–C–C–N with tert-alkyl or cyclic N) is 1. The number of aliphatic hydroxyl groups excluding tert-OH is 1. The van der Waals surface area contributed by atoms with Gasteiger partial charge in [-0.15, -0.1) is 0 Å². The minimum absolute atomic E-state index is 0.0498. The lowest BCUT2D eigenvalue weighted by Crippen LogP contribution is -2.41. The highest BCUT2D eigenvalue weighted by atomic mass is 16.3. The molecule has 0 aromatic heterocycles. The Morgan fingerprint density at radius 3 is 2.56 bits per heavy atom. The Kier molecular flexibility index (Phi) is 1.08. The minimum Gasteiger partial charge on any atom is -0.391 e. The van der Waals surface area contributed by atoms with Crippen molar-refractivity contribution in [2.24, 2.45) is 5.41 Å². The molecule has 0 aromatic carbocycles. The molecule has 2 rings (SSSR count). The minimum atomic E-state index is -0.0498. The Bertz CT molecular complexity index is 120. The molecular formula is C7H13NO. The lowest BCUT2D eigenvalue weighted by atomic mass is 9.92. The van der Waals surface area contributed by atoms with E-state index in [9.17, 15) is 5.11 Å². The first-order chi connectivity index (χ1) is 4.33. The van der Waals surface area contributed by atoms with Crippen molar-refractivity contribution < 1.29 is 5.11 Å². The standard InChI is InChI=1S/C7H13NO/c9-6-5-8-4-3-7(6)1-2-7/h6,8-9H,1-5H2/t6-/m0/s1. The van der Waals surface area contributed by atoms with Crippen LogP contribution in [0.15, 0.2) is 0 Å². The monoisotopic (exact) mass is 127 g/mol. The average Bonchev–Trinajstić information content (AvgIpc) is 2.60. The highest BCUT2D eigenvalue weighted by Gasteiger charge is 2.49. The van der Waals surface area contributed by atoms with Crippen molar-refractivity contribution in [2.75, 3.05) is 13.1 Å². The maximum Gasteiger partial charge on any atom is 0.0721 e. The number of nitrogens with one attached hydrogen (secondary N) is 1. The summed E-state index contributed by atoms with van der Waals surface area (Å²) in [5.41, 5.74) is 0.380. The molecule has 2 fully saturated rings. The third kappa shape index (κ3) is 0.775. The molecule has 0 aromatic rings. The molecule has 0 radical (unpaired) electrons. The molecule has 9 heavy (non-hydrogen) atoms. The third-order valence-electron chi connectivity index (χ3n) is 2.74. The van der Waals surface area contributed by atoms with Gasteiger partial charge in [-0.2, -0.15) is 0 Å². The predicted molar refractivity (Wildman–Crippen MR) is 35.2 cm³/mol. The van der Waals surface area contributed by atoms with Crippen LogP contribution in [0.1, 0.15) is 19.3 Å². The van der Waals surface area contributed by atoms with Gasteiger partial charge in [-0.3, -0.25) is 0 Å². The van der Waals surface area contributed by atoms with Gasteiger partial charge in [0.25, 0.3) is 0 Å². The normalized spacial score (nSPS) is 39.0. The predicted octanol–water partition coefficient (Wildman–Crippen LogP) is 0.121. The Morgan fingerprint density at radius 2 is 2.11 bits per heavy atom. The van der Waals surface area contributed by atoms with Gasteiger partial charge >= 0.3 is 0 Å². The Labute approximate surface area is 55.3 Å². The zero-order chi connectivity index (χ0) is 6.32. The second-order valence-corrected chi connectivity index (χ2v) is 3.33. The van der Waals surface area contributed by atoms with Crippen LogP contribution in [0, 0.1) is 5.41 Å². The van der Waals surface area contributed by atoms with E-state index in [1.165, 1.54) is 19.3 Å². The van der Waals surface area contributed by atoms with Crippen LogP contribution < -0.4 is 5.32 Å². The molecule has 1 spiro atoms. The molecule has 0 unspecified atom stereocenters. The number of piperidine rings is 1. The fourth-order valence-corrected chi connectivity index (χ4v) is 1.70. The second-order valence-electron chi connectivity index (χ2n) is 3.33. The SMILES string of the molecule is O[C@H]1CNCCC12CC2. The van der Waals surface area contributed by atoms with E-state index in [1.54, 1.807) is 0 Å². The van der Waals surface area contributed by atoms with E-state index >= 15 is 0 Å². The summed E-state index contributed by atoms with van der Waals surface area (Å²) in [6.07, 6.45) is 3.66. The highest BCUT2D eigenvalue weighted by Crippen LogP contribution is 2.52. The van der Waals surface area contributed by atoms with Crippen LogP contribution in [0.2, 0.25) is 0 Å². The summed E-state index contributed by atoms with van der Waals surface area (Å²) in [4.78, 5) is 0. The molecule has 0 bridgehead atoms. The maximum absolute atomic E-state index is 9.44. The van der Waals surface area contributed by atoms with Crippen molar-refractivity contribution in [1.29, 1.82) is 0 Å². The lowest BCUT2D eigenvalue weighted by molar-refractivity contribution is 0.0667. The van der Waals surface area contributed by atoms with Gasteiger partial charge in [0.15, 0.2) is 0 Å². The Hall–Kier alpha value is -0.0800. The molecule has 1 heterocycles. The fourth-order valence-electron chi connectivity index (χ4n) is 1.70. The Balaban J connectivity index is 2.03. The summed E-state index contributed by atoms with van der Waals surface area (Å²) in [6, 6.07) is 0. The van der Waals surface area contributed by atoms with E-state index < -0.39 is 0 Å². The third-order valence-corrected chi connectivity index (χ3v) is 2.74. The molecule has 2 aliphatic rings. The molecule has 1 aliphatic heterocycles. The molecule has 0 amide bonds. The first kappa shape index (κ1) is 5.69. The van der Waals surface area contributed by atoms with Crippen LogP contribution >= 0.6 is 0 Å². The van der Waals surface area contributed by atoms with Gasteiger partial charge in [0.2, 0.25) is 0 Å². The zero-order valence-corrected chi connectivity index (χ0v) is 5.56. The van der Waals surface area contributed by atoms with Crippen molar-refractivity contribution in [1.82, 2.24) is 5.32 Å². The fraction of sp³-hybridized carbons (Fsp3) is 1.00. The number of aliphatic hydroxyl groups is 1. The van der Waals surface area contributed by atoms with Crippen LogP contribution in [-0.4, -0.2) is 24.3 Å². The van der Waals surface area contributed by atoms with Gasteiger partial charge in [-0.25, -0.2) is 0 Å². The van der Waals surface area contributed by atoms with Crippen molar-refractivity contribution >= 4 is 0 Å². The van der Waals surface area contributed by atoms with Crippen LogP contribution in [0.4, 0.5) is 0 Å². The van der Waals surface area contributed by atoms with Crippen LogP contribution in [0.3, 0.4) is 0 Å². The van der Waals surface area contributed by atoms with Crippen LogP contribution in [0.25, 0.3) is 0 Å². The summed E-state index contributed by atoms with van der Waals surface area (Å²) in [5.74, 6) is 0. The van der Waals surface area contributed by atoms with Crippen LogP contribution in [0.5, 0.6) is 0 Å². The van der Waals surface area contributed by atoms with E-state index in [-0.39, 0.29) is 6.10 Å². The lowest BCUT2D eigenvalue weighted by Gasteiger charge is -2.27. The molecular weight excluding hydrogens is 114 g/mol.